The fourth-order valence-electron chi connectivity index (χ4n) is 3.55. The summed E-state index contributed by atoms with van der Waals surface area (Å²) in [7, 11) is 1.60. The molecule has 196 valence electrons. The van der Waals surface area contributed by atoms with E-state index in [2.05, 4.69) is 0 Å². The second-order valence-electron chi connectivity index (χ2n) is 8.42. The number of rotatable bonds is 10. The number of carbonyl (C=O) groups is 1. The number of aromatic hydroxyl groups is 2. The first-order chi connectivity index (χ1) is 18.3. The highest BCUT2D eigenvalue weighted by Gasteiger charge is 2.16. The van der Waals surface area contributed by atoms with Crippen molar-refractivity contribution in [3.8, 4) is 34.5 Å². The molecular weight excluding hydrogens is 504 g/mol. The Bertz CT molecular complexity index is 1420. The molecule has 0 aliphatic carbocycles. The first-order valence-corrected chi connectivity index (χ1v) is 12.7. The topological polar surface area (TPSA) is 94.5 Å². The molecule has 0 aliphatic rings. The molecule has 0 atom stereocenters. The van der Waals surface area contributed by atoms with E-state index in [1.165, 1.54) is 12.1 Å². The Labute approximate surface area is 225 Å². The molecule has 0 aliphatic heterocycles. The SMILES string of the molecule is COc1ccc(OCCOc2ccc(C(=O)Oc3ccc(Sc4ccc(O)c(C)c4)cc3C)c(O)c2)cc1. The second kappa shape index (κ2) is 12.3. The van der Waals surface area contributed by atoms with Crippen molar-refractivity contribution in [1.82, 2.24) is 0 Å². The third-order valence-electron chi connectivity index (χ3n) is 5.62. The van der Waals surface area contributed by atoms with Crippen LogP contribution in [0.2, 0.25) is 0 Å². The van der Waals surface area contributed by atoms with Crippen LogP contribution in [0.25, 0.3) is 0 Å². The fraction of sp³-hybridized carbons (Fsp3) is 0.167. The molecule has 0 heterocycles. The average Bonchev–Trinajstić information content (AvgIpc) is 2.90. The lowest BCUT2D eigenvalue weighted by atomic mass is 10.2. The summed E-state index contributed by atoms with van der Waals surface area (Å²) in [5.74, 6) is 1.58. The first kappa shape index (κ1) is 26.8. The standard InChI is InChI=1S/C30H28O7S/c1-19-16-24(9-12-27(19)31)38-25-10-13-29(20(2)17-25)37-30(33)26-11-8-23(18-28(26)32)36-15-14-35-22-6-4-21(34-3)5-7-22/h4-13,16-18,31-32H,14-15H2,1-3H3. The van der Waals surface area contributed by atoms with Crippen LogP contribution in [0.15, 0.2) is 88.7 Å². The van der Waals surface area contributed by atoms with Crippen molar-refractivity contribution in [3.63, 3.8) is 0 Å². The number of ether oxygens (including phenoxy) is 4. The van der Waals surface area contributed by atoms with E-state index in [0.29, 0.717) is 23.9 Å². The van der Waals surface area contributed by atoms with Gasteiger partial charge in [-0.25, -0.2) is 4.79 Å². The van der Waals surface area contributed by atoms with Gasteiger partial charge < -0.3 is 29.2 Å². The van der Waals surface area contributed by atoms with Gasteiger partial charge in [-0.1, -0.05) is 11.8 Å². The van der Waals surface area contributed by atoms with E-state index in [9.17, 15) is 15.0 Å². The molecule has 4 aromatic rings. The van der Waals surface area contributed by atoms with Crippen LogP contribution in [-0.2, 0) is 0 Å². The maximum Gasteiger partial charge on any atom is 0.347 e. The highest BCUT2D eigenvalue weighted by Crippen LogP contribution is 2.34. The normalized spacial score (nSPS) is 10.6. The maximum atomic E-state index is 12.7. The van der Waals surface area contributed by atoms with Crippen molar-refractivity contribution in [1.29, 1.82) is 0 Å². The monoisotopic (exact) mass is 532 g/mol. The third-order valence-corrected chi connectivity index (χ3v) is 6.60. The van der Waals surface area contributed by atoms with Crippen LogP contribution < -0.4 is 18.9 Å². The number of carbonyl (C=O) groups excluding carboxylic acids is 1. The molecule has 0 aromatic heterocycles. The quantitative estimate of drug-likeness (QED) is 0.135. The zero-order valence-electron chi connectivity index (χ0n) is 21.3. The molecule has 0 unspecified atom stereocenters. The summed E-state index contributed by atoms with van der Waals surface area (Å²) in [6.45, 7) is 4.25. The molecule has 0 amide bonds. The second-order valence-corrected chi connectivity index (χ2v) is 9.57. The largest absolute Gasteiger partial charge is 0.508 e. The van der Waals surface area contributed by atoms with E-state index in [4.69, 9.17) is 18.9 Å². The number of hydrogen-bond donors (Lipinski definition) is 2. The van der Waals surface area contributed by atoms with Crippen LogP contribution in [-0.4, -0.2) is 36.5 Å². The van der Waals surface area contributed by atoms with E-state index in [1.54, 1.807) is 61.3 Å². The molecule has 0 saturated heterocycles. The number of phenolic OH excluding ortho intramolecular Hbond substituents is 2. The molecule has 2 N–H and O–H groups in total. The Morgan fingerprint density at radius 1 is 0.711 bits per heavy atom. The van der Waals surface area contributed by atoms with Gasteiger partial charge in [0.05, 0.1) is 7.11 Å². The summed E-state index contributed by atoms with van der Waals surface area (Å²) >= 11 is 1.54. The summed E-state index contributed by atoms with van der Waals surface area (Å²) in [4.78, 5) is 14.7. The minimum absolute atomic E-state index is 0.0317. The number of benzene rings is 4. The average molecular weight is 533 g/mol. The fourth-order valence-corrected chi connectivity index (χ4v) is 4.56. The first-order valence-electron chi connectivity index (χ1n) is 11.9. The van der Waals surface area contributed by atoms with E-state index in [1.807, 2.05) is 38.1 Å². The molecule has 4 rings (SSSR count). The molecule has 4 aromatic carbocycles. The van der Waals surface area contributed by atoms with Crippen LogP contribution in [0.3, 0.4) is 0 Å². The number of phenols is 2. The van der Waals surface area contributed by atoms with Gasteiger partial charge in [-0.3, -0.25) is 0 Å². The lowest BCUT2D eigenvalue weighted by molar-refractivity contribution is 0.0730. The minimum atomic E-state index is -0.672. The number of methoxy groups -OCH3 is 1. The van der Waals surface area contributed by atoms with E-state index in [0.717, 1.165) is 26.7 Å². The minimum Gasteiger partial charge on any atom is -0.508 e. The molecule has 8 heteroatoms. The molecular formula is C30H28O7S. The maximum absolute atomic E-state index is 12.7. The van der Waals surface area contributed by atoms with E-state index in [-0.39, 0.29) is 23.7 Å². The molecule has 0 fully saturated rings. The van der Waals surface area contributed by atoms with Crippen molar-refractivity contribution in [2.75, 3.05) is 20.3 Å². The van der Waals surface area contributed by atoms with Crippen molar-refractivity contribution >= 4 is 17.7 Å². The van der Waals surface area contributed by atoms with Gasteiger partial charge in [-0.05, 0) is 97.8 Å². The Morgan fingerprint density at radius 3 is 1.95 bits per heavy atom. The van der Waals surface area contributed by atoms with Gasteiger partial charge in [-0.2, -0.15) is 0 Å². The third kappa shape index (κ3) is 6.92. The van der Waals surface area contributed by atoms with E-state index >= 15 is 0 Å². The highest BCUT2D eigenvalue weighted by molar-refractivity contribution is 7.99. The van der Waals surface area contributed by atoms with Crippen LogP contribution in [0.5, 0.6) is 34.5 Å². The highest BCUT2D eigenvalue weighted by atomic mass is 32.2. The predicted octanol–water partition coefficient (Wildman–Crippen LogP) is 6.55. The predicted molar refractivity (Wildman–Crippen MR) is 145 cm³/mol. The lowest BCUT2D eigenvalue weighted by Crippen LogP contribution is -2.11. The van der Waals surface area contributed by atoms with Gasteiger partial charge in [0.2, 0.25) is 0 Å². The lowest BCUT2D eigenvalue weighted by Gasteiger charge is -2.12. The van der Waals surface area contributed by atoms with Crippen molar-refractivity contribution in [3.05, 3.63) is 95.6 Å². The molecule has 0 spiro atoms. The summed E-state index contributed by atoms with van der Waals surface area (Å²) < 4.78 is 21.9. The molecule has 38 heavy (non-hydrogen) atoms. The summed E-state index contributed by atoms with van der Waals surface area (Å²) in [5, 5.41) is 20.1. The summed E-state index contributed by atoms with van der Waals surface area (Å²) in [5.41, 5.74) is 1.61. The van der Waals surface area contributed by atoms with Gasteiger partial charge in [0.1, 0.15) is 53.3 Å². The Balaban J connectivity index is 1.31. The van der Waals surface area contributed by atoms with Gasteiger partial charge >= 0.3 is 5.97 Å². The number of hydrogen-bond acceptors (Lipinski definition) is 8. The number of aryl methyl sites for hydroxylation is 2. The zero-order valence-corrected chi connectivity index (χ0v) is 22.1. The molecule has 0 radical (unpaired) electrons. The summed E-state index contributed by atoms with van der Waals surface area (Å²) in [6.07, 6.45) is 0. The van der Waals surface area contributed by atoms with Gasteiger partial charge in [-0.15, -0.1) is 0 Å². The van der Waals surface area contributed by atoms with Crippen LogP contribution in [0, 0.1) is 13.8 Å². The number of esters is 1. The van der Waals surface area contributed by atoms with Crippen molar-refractivity contribution < 1.29 is 34.0 Å². The van der Waals surface area contributed by atoms with Crippen LogP contribution in [0.1, 0.15) is 21.5 Å². The zero-order chi connectivity index (χ0) is 27.1. The van der Waals surface area contributed by atoms with E-state index < -0.39 is 5.97 Å². The smallest absolute Gasteiger partial charge is 0.347 e. The molecule has 0 bridgehead atoms. The van der Waals surface area contributed by atoms with Crippen LogP contribution in [0.4, 0.5) is 0 Å². The van der Waals surface area contributed by atoms with Gasteiger partial charge in [0, 0.05) is 15.9 Å². The van der Waals surface area contributed by atoms with Crippen molar-refractivity contribution in [2.45, 2.75) is 23.6 Å². The molecule has 7 nitrogen and oxygen atoms in total. The van der Waals surface area contributed by atoms with Crippen LogP contribution >= 0.6 is 11.8 Å². The Morgan fingerprint density at radius 2 is 1.32 bits per heavy atom. The Kier molecular flexibility index (Phi) is 8.66. The van der Waals surface area contributed by atoms with Gasteiger partial charge in [0.15, 0.2) is 0 Å². The Hall–Kier alpha value is -4.30. The van der Waals surface area contributed by atoms with Crippen molar-refractivity contribution in [2.24, 2.45) is 0 Å². The molecule has 0 saturated carbocycles. The summed E-state index contributed by atoms with van der Waals surface area (Å²) in [6, 6.07) is 22.6. The van der Waals surface area contributed by atoms with Gasteiger partial charge in [0.25, 0.3) is 0 Å².